The first-order chi connectivity index (χ1) is 9.60. The third-order valence-electron chi connectivity index (χ3n) is 3.19. The van der Waals surface area contributed by atoms with Gasteiger partial charge in [-0.25, -0.2) is 0 Å². The van der Waals surface area contributed by atoms with Crippen LogP contribution in [0, 0.1) is 6.92 Å². The minimum atomic E-state index is -0.177. The van der Waals surface area contributed by atoms with Crippen LogP contribution < -0.4 is 10.9 Å². The highest BCUT2D eigenvalue weighted by Gasteiger charge is 2.06. The molecule has 0 saturated carbocycles. The molecule has 0 spiro atoms. The number of nitrogens with one attached hydrogen (secondary N) is 2. The molecule has 1 aromatic heterocycles. The first-order valence-electron chi connectivity index (χ1n) is 6.66. The Bertz CT molecular complexity index is 657. The molecule has 104 valence electrons. The van der Waals surface area contributed by atoms with E-state index >= 15 is 0 Å². The van der Waals surface area contributed by atoms with E-state index in [0.717, 1.165) is 17.7 Å². The number of aromatic amines is 1. The molecule has 0 unspecified atom stereocenters. The second-order valence-electron chi connectivity index (χ2n) is 4.74. The number of benzene rings is 1. The summed E-state index contributed by atoms with van der Waals surface area (Å²) < 4.78 is 0. The Kier molecular flexibility index (Phi) is 4.35. The molecule has 1 aromatic carbocycles. The Balaban J connectivity index is 2.03. The highest BCUT2D eigenvalue weighted by atomic mass is 16.1. The average Bonchev–Trinajstić information content (AvgIpc) is 2.46. The Morgan fingerprint density at radius 3 is 2.45 bits per heavy atom. The predicted octanol–water partition coefficient (Wildman–Crippen LogP) is 2.18. The van der Waals surface area contributed by atoms with Crippen LogP contribution in [0.15, 0.2) is 41.2 Å². The number of aryl methyl sites for hydroxylation is 2. The summed E-state index contributed by atoms with van der Waals surface area (Å²) >= 11 is 0. The van der Waals surface area contributed by atoms with E-state index in [4.69, 9.17) is 0 Å². The first-order valence-corrected chi connectivity index (χ1v) is 6.66. The van der Waals surface area contributed by atoms with Crippen molar-refractivity contribution in [3.63, 3.8) is 0 Å². The van der Waals surface area contributed by atoms with Crippen molar-refractivity contribution in [2.24, 2.45) is 0 Å². The van der Waals surface area contributed by atoms with E-state index in [9.17, 15) is 9.59 Å². The molecule has 0 aliphatic carbocycles. The van der Waals surface area contributed by atoms with Crippen LogP contribution in [0.2, 0.25) is 0 Å². The fourth-order valence-corrected chi connectivity index (χ4v) is 1.87. The molecule has 1 amide bonds. The van der Waals surface area contributed by atoms with Gasteiger partial charge in [-0.2, -0.15) is 0 Å². The summed E-state index contributed by atoms with van der Waals surface area (Å²) in [5, 5.41) is 2.75. The molecule has 0 radical (unpaired) electrons. The van der Waals surface area contributed by atoms with E-state index in [1.54, 1.807) is 18.2 Å². The largest absolute Gasteiger partial charge is 0.348 e. The van der Waals surface area contributed by atoms with E-state index in [1.807, 2.05) is 32.0 Å². The molecule has 0 aliphatic heterocycles. The number of carbonyl (C=O) groups excluding carboxylic acids is 1. The van der Waals surface area contributed by atoms with Crippen molar-refractivity contribution in [2.45, 2.75) is 26.8 Å². The molecule has 0 saturated heterocycles. The maximum atomic E-state index is 11.9. The highest BCUT2D eigenvalue weighted by Crippen LogP contribution is 2.03. The summed E-state index contributed by atoms with van der Waals surface area (Å²) in [6, 6.07) is 10.9. The van der Waals surface area contributed by atoms with E-state index in [0.29, 0.717) is 11.1 Å². The Hall–Kier alpha value is -2.36. The van der Waals surface area contributed by atoms with Gasteiger partial charge < -0.3 is 10.3 Å². The van der Waals surface area contributed by atoms with Gasteiger partial charge in [0.05, 0.1) is 0 Å². The second-order valence-corrected chi connectivity index (χ2v) is 4.74. The van der Waals surface area contributed by atoms with Crippen molar-refractivity contribution in [1.82, 2.24) is 10.3 Å². The first kappa shape index (κ1) is 14.1. The second kappa shape index (κ2) is 6.19. The number of rotatable bonds is 4. The topological polar surface area (TPSA) is 62.0 Å². The van der Waals surface area contributed by atoms with Crippen LogP contribution in [0.5, 0.6) is 0 Å². The van der Waals surface area contributed by atoms with E-state index in [1.165, 1.54) is 0 Å². The molecule has 4 nitrogen and oxygen atoms in total. The van der Waals surface area contributed by atoms with E-state index in [-0.39, 0.29) is 18.0 Å². The van der Waals surface area contributed by atoms with Gasteiger partial charge in [-0.1, -0.05) is 30.7 Å². The van der Waals surface area contributed by atoms with Gasteiger partial charge in [-0.15, -0.1) is 0 Å². The van der Waals surface area contributed by atoms with E-state index < -0.39 is 0 Å². The molecule has 4 heteroatoms. The third kappa shape index (κ3) is 3.35. The van der Waals surface area contributed by atoms with E-state index in [2.05, 4.69) is 10.3 Å². The van der Waals surface area contributed by atoms with Gasteiger partial charge >= 0.3 is 0 Å². The number of hydrogen-bond acceptors (Lipinski definition) is 2. The summed E-state index contributed by atoms with van der Waals surface area (Å²) in [7, 11) is 0. The lowest BCUT2D eigenvalue weighted by molar-refractivity contribution is 0.0951. The molecule has 0 atom stereocenters. The van der Waals surface area contributed by atoms with Gasteiger partial charge in [-0.3, -0.25) is 9.59 Å². The number of hydrogen-bond donors (Lipinski definition) is 2. The van der Waals surface area contributed by atoms with Gasteiger partial charge in [-0.05, 0) is 31.5 Å². The van der Waals surface area contributed by atoms with Gasteiger partial charge in [0.2, 0.25) is 0 Å². The number of pyridine rings is 1. The van der Waals surface area contributed by atoms with Gasteiger partial charge in [0.25, 0.3) is 11.5 Å². The average molecular weight is 270 g/mol. The number of carbonyl (C=O) groups is 1. The lowest BCUT2D eigenvalue weighted by atomic mass is 10.1. The van der Waals surface area contributed by atoms with Crippen molar-refractivity contribution in [3.05, 3.63) is 69.1 Å². The van der Waals surface area contributed by atoms with Gasteiger partial charge in [0.1, 0.15) is 0 Å². The third-order valence-corrected chi connectivity index (χ3v) is 3.19. The summed E-state index contributed by atoms with van der Waals surface area (Å²) in [5.41, 5.74) is 3.00. The molecular weight excluding hydrogens is 252 g/mol. The highest BCUT2D eigenvalue weighted by molar-refractivity contribution is 5.94. The molecule has 2 N–H and O–H groups in total. The van der Waals surface area contributed by atoms with Crippen LogP contribution in [0.3, 0.4) is 0 Å². The Labute approximate surface area is 117 Å². The summed E-state index contributed by atoms with van der Waals surface area (Å²) in [5.74, 6) is -0.177. The molecular formula is C16H18N2O2. The van der Waals surface area contributed by atoms with Crippen molar-refractivity contribution < 1.29 is 4.79 Å². The van der Waals surface area contributed by atoms with Crippen molar-refractivity contribution in [1.29, 1.82) is 0 Å². The molecule has 0 bridgehead atoms. The summed E-state index contributed by atoms with van der Waals surface area (Å²) in [6.45, 7) is 4.17. The predicted molar refractivity (Wildman–Crippen MR) is 78.8 cm³/mol. The van der Waals surface area contributed by atoms with Crippen molar-refractivity contribution in [3.8, 4) is 0 Å². The zero-order chi connectivity index (χ0) is 14.5. The lowest BCUT2D eigenvalue weighted by Crippen LogP contribution is -2.27. The molecule has 2 rings (SSSR count). The van der Waals surface area contributed by atoms with Crippen LogP contribution in [0.1, 0.15) is 34.1 Å². The zero-order valence-corrected chi connectivity index (χ0v) is 11.7. The van der Waals surface area contributed by atoms with Crippen molar-refractivity contribution >= 4 is 5.91 Å². The Morgan fingerprint density at radius 2 is 1.85 bits per heavy atom. The minimum absolute atomic E-state index is 0.145. The monoisotopic (exact) mass is 270 g/mol. The molecule has 0 fully saturated rings. The Morgan fingerprint density at radius 1 is 1.15 bits per heavy atom. The van der Waals surface area contributed by atoms with Gasteiger partial charge in [0, 0.05) is 23.4 Å². The maximum Gasteiger partial charge on any atom is 0.253 e. The van der Waals surface area contributed by atoms with Crippen LogP contribution in [0.4, 0.5) is 0 Å². The van der Waals surface area contributed by atoms with Crippen LogP contribution in [0.25, 0.3) is 0 Å². The number of H-pyrrole nitrogens is 1. The summed E-state index contributed by atoms with van der Waals surface area (Å²) in [6.07, 6.45) is 0.783. The van der Waals surface area contributed by atoms with Crippen molar-refractivity contribution in [2.75, 3.05) is 0 Å². The molecule has 2 aromatic rings. The van der Waals surface area contributed by atoms with Crippen LogP contribution in [-0.2, 0) is 13.0 Å². The van der Waals surface area contributed by atoms with Gasteiger partial charge in [0.15, 0.2) is 0 Å². The van der Waals surface area contributed by atoms with Crippen LogP contribution in [-0.4, -0.2) is 10.9 Å². The SMILES string of the molecule is CCc1ccc(CNC(=O)c2ccc(C)cc2)c(=O)[nH]1. The smallest absolute Gasteiger partial charge is 0.253 e. The standard InChI is InChI=1S/C16H18N2O2/c1-3-14-9-8-13(16(20)18-14)10-17-15(19)12-6-4-11(2)5-7-12/h4-9H,3,10H2,1-2H3,(H,17,19)(H,18,20). The molecule has 1 heterocycles. The number of aromatic nitrogens is 1. The zero-order valence-electron chi connectivity index (χ0n) is 11.7. The minimum Gasteiger partial charge on any atom is -0.348 e. The molecule has 20 heavy (non-hydrogen) atoms. The normalized spacial score (nSPS) is 10.3. The lowest BCUT2D eigenvalue weighted by Gasteiger charge is -2.06. The molecule has 0 aliphatic rings. The number of amides is 1. The summed E-state index contributed by atoms with van der Waals surface area (Å²) in [4.78, 5) is 26.5. The quantitative estimate of drug-likeness (QED) is 0.894. The fraction of sp³-hybridized carbons (Fsp3) is 0.250. The maximum absolute atomic E-state index is 11.9. The van der Waals surface area contributed by atoms with Crippen LogP contribution >= 0.6 is 0 Å². The fourth-order valence-electron chi connectivity index (χ4n) is 1.87.